The number of benzene rings is 1. The van der Waals surface area contributed by atoms with Crippen LogP contribution in [0.25, 0.3) is 0 Å². The lowest BCUT2D eigenvalue weighted by atomic mass is 10.1. The van der Waals surface area contributed by atoms with Gasteiger partial charge in [0, 0.05) is 10.6 Å². The van der Waals surface area contributed by atoms with Crippen LogP contribution in [-0.4, -0.2) is 13.1 Å². The quantitative estimate of drug-likeness (QED) is 0.615. The fourth-order valence-electron chi connectivity index (χ4n) is 0.966. The first-order valence-electron chi connectivity index (χ1n) is 3.75. The molecule has 76 valence electrons. The van der Waals surface area contributed by atoms with Crippen molar-refractivity contribution in [2.24, 2.45) is 0 Å². The van der Waals surface area contributed by atoms with Crippen LogP contribution in [0.4, 0.5) is 4.39 Å². The monoisotopic (exact) mass is 280 g/mol. The van der Waals surface area contributed by atoms with Crippen molar-refractivity contribution in [3.05, 3.63) is 33.0 Å². The minimum absolute atomic E-state index is 0.124. The van der Waals surface area contributed by atoms with Gasteiger partial charge in [0.05, 0.1) is 18.0 Å². The predicted octanol–water partition coefficient (Wildman–Crippen LogP) is 2.96. The summed E-state index contributed by atoms with van der Waals surface area (Å²) in [6.07, 6.45) is -0.124. The smallest absolute Gasteiger partial charge is 0.310 e. The number of carbonyl (C=O) groups is 1. The fraction of sp³-hybridized carbons (Fsp3) is 0.222. The van der Waals surface area contributed by atoms with Gasteiger partial charge in [0.25, 0.3) is 0 Å². The molecule has 0 aromatic heterocycles. The summed E-state index contributed by atoms with van der Waals surface area (Å²) in [7, 11) is 1.25. The zero-order chi connectivity index (χ0) is 10.7. The number of hydrogen-bond donors (Lipinski definition) is 0. The topological polar surface area (TPSA) is 26.3 Å². The van der Waals surface area contributed by atoms with Crippen LogP contribution in [0, 0.1) is 5.82 Å². The van der Waals surface area contributed by atoms with Gasteiger partial charge in [-0.3, -0.25) is 4.79 Å². The van der Waals surface area contributed by atoms with E-state index in [0.717, 1.165) is 0 Å². The molecular weight excluding hydrogens is 274 g/mol. The average Bonchev–Trinajstić information content (AvgIpc) is 2.13. The van der Waals surface area contributed by atoms with E-state index in [1.54, 1.807) is 0 Å². The number of esters is 1. The maximum Gasteiger partial charge on any atom is 0.310 e. The second-order valence-electron chi connectivity index (χ2n) is 2.61. The third-order valence-corrected chi connectivity index (χ3v) is 2.43. The van der Waals surface area contributed by atoms with Crippen LogP contribution in [0.1, 0.15) is 5.56 Å². The molecule has 0 atom stereocenters. The van der Waals surface area contributed by atoms with Gasteiger partial charge in [-0.1, -0.05) is 11.6 Å². The molecule has 0 heterocycles. The van der Waals surface area contributed by atoms with Crippen LogP contribution >= 0.6 is 27.5 Å². The Bertz CT molecular complexity index is 368. The molecule has 1 rings (SSSR count). The zero-order valence-corrected chi connectivity index (χ0v) is 9.65. The highest BCUT2D eigenvalue weighted by Crippen LogP contribution is 2.24. The summed E-state index contributed by atoms with van der Waals surface area (Å²) in [5.41, 5.74) is 0.219. The number of methoxy groups -OCH3 is 1. The highest BCUT2D eigenvalue weighted by molar-refractivity contribution is 9.10. The molecule has 14 heavy (non-hydrogen) atoms. The van der Waals surface area contributed by atoms with Gasteiger partial charge in [-0.25, -0.2) is 4.39 Å². The van der Waals surface area contributed by atoms with E-state index < -0.39 is 11.8 Å². The number of halogens is 3. The van der Waals surface area contributed by atoms with Crippen molar-refractivity contribution < 1.29 is 13.9 Å². The molecule has 0 aliphatic carbocycles. The van der Waals surface area contributed by atoms with Gasteiger partial charge in [0.2, 0.25) is 0 Å². The van der Waals surface area contributed by atoms with E-state index >= 15 is 0 Å². The second kappa shape index (κ2) is 4.75. The maximum atomic E-state index is 13.4. The molecule has 0 aliphatic heterocycles. The first-order valence-corrected chi connectivity index (χ1v) is 4.92. The first kappa shape index (κ1) is 11.5. The van der Waals surface area contributed by atoms with Gasteiger partial charge in [0.1, 0.15) is 5.82 Å². The number of carbonyl (C=O) groups excluding carboxylic acids is 1. The van der Waals surface area contributed by atoms with Crippen molar-refractivity contribution >= 4 is 33.5 Å². The third-order valence-electron chi connectivity index (χ3n) is 1.63. The van der Waals surface area contributed by atoms with Crippen molar-refractivity contribution in [3.8, 4) is 0 Å². The highest BCUT2D eigenvalue weighted by Gasteiger charge is 2.12. The van der Waals surface area contributed by atoms with Crippen molar-refractivity contribution in [2.75, 3.05) is 7.11 Å². The van der Waals surface area contributed by atoms with E-state index in [2.05, 4.69) is 20.7 Å². The summed E-state index contributed by atoms with van der Waals surface area (Å²) in [5, 5.41) is 0.372. The van der Waals surface area contributed by atoms with Gasteiger partial charge in [-0.2, -0.15) is 0 Å². The molecular formula is C9H7BrClFO2. The van der Waals surface area contributed by atoms with Gasteiger partial charge in [-0.05, 0) is 28.1 Å². The lowest BCUT2D eigenvalue weighted by molar-refractivity contribution is -0.139. The largest absolute Gasteiger partial charge is 0.469 e. The maximum absolute atomic E-state index is 13.4. The van der Waals surface area contributed by atoms with Crippen LogP contribution in [0.3, 0.4) is 0 Å². The van der Waals surface area contributed by atoms with E-state index in [1.165, 1.54) is 19.2 Å². The Balaban J connectivity index is 3.02. The Labute approximate surface area is 94.1 Å². The molecule has 1 aromatic rings. The van der Waals surface area contributed by atoms with Gasteiger partial charge in [-0.15, -0.1) is 0 Å². The Morgan fingerprint density at radius 3 is 2.86 bits per heavy atom. The molecule has 5 heteroatoms. The van der Waals surface area contributed by atoms with Gasteiger partial charge >= 0.3 is 5.97 Å². The van der Waals surface area contributed by atoms with Crippen LogP contribution in [0.2, 0.25) is 5.02 Å². The zero-order valence-electron chi connectivity index (χ0n) is 7.31. The van der Waals surface area contributed by atoms with E-state index in [1.807, 2.05) is 0 Å². The summed E-state index contributed by atoms with van der Waals surface area (Å²) in [6, 6.07) is 2.83. The van der Waals surface area contributed by atoms with Gasteiger partial charge in [0.15, 0.2) is 0 Å². The van der Waals surface area contributed by atoms with Crippen molar-refractivity contribution in [2.45, 2.75) is 6.42 Å². The fourth-order valence-corrected chi connectivity index (χ4v) is 1.84. The number of rotatable bonds is 2. The van der Waals surface area contributed by atoms with E-state index in [-0.39, 0.29) is 16.5 Å². The SMILES string of the molecule is COC(=O)Cc1cc(Cl)cc(Br)c1F. The highest BCUT2D eigenvalue weighted by atomic mass is 79.9. The number of hydrogen-bond acceptors (Lipinski definition) is 2. The standard InChI is InChI=1S/C9H7BrClFO2/c1-14-8(13)3-5-2-6(11)4-7(10)9(5)12/h2,4H,3H2,1H3. The van der Waals surface area contributed by atoms with E-state index in [9.17, 15) is 9.18 Å². The molecule has 0 unspecified atom stereocenters. The molecule has 0 bridgehead atoms. The molecule has 0 saturated carbocycles. The van der Waals surface area contributed by atoms with Crippen LogP contribution in [0.5, 0.6) is 0 Å². The minimum Gasteiger partial charge on any atom is -0.469 e. The molecule has 0 radical (unpaired) electrons. The molecule has 0 amide bonds. The summed E-state index contributed by atoms with van der Waals surface area (Å²) in [5.74, 6) is -0.988. The van der Waals surface area contributed by atoms with Crippen LogP contribution in [-0.2, 0) is 16.0 Å². The van der Waals surface area contributed by atoms with Crippen molar-refractivity contribution in [3.63, 3.8) is 0 Å². The van der Waals surface area contributed by atoms with E-state index in [4.69, 9.17) is 11.6 Å². The lowest BCUT2D eigenvalue weighted by Crippen LogP contribution is -2.06. The van der Waals surface area contributed by atoms with Crippen LogP contribution in [0.15, 0.2) is 16.6 Å². The molecule has 2 nitrogen and oxygen atoms in total. The molecule has 0 spiro atoms. The van der Waals surface area contributed by atoms with Crippen molar-refractivity contribution in [1.82, 2.24) is 0 Å². The third kappa shape index (κ3) is 2.69. The predicted molar refractivity (Wildman–Crippen MR) is 54.8 cm³/mol. The summed E-state index contributed by atoms with van der Waals surface area (Å²) < 4.78 is 18.0. The first-order chi connectivity index (χ1) is 6.54. The summed E-state index contributed by atoms with van der Waals surface area (Å²) in [4.78, 5) is 10.9. The summed E-state index contributed by atoms with van der Waals surface area (Å²) >= 11 is 8.70. The number of ether oxygens (including phenoxy) is 1. The Kier molecular flexibility index (Phi) is 3.89. The van der Waals surface area contributed by atoms with Crippen LogP contribution < -0.4 is 0 Å². The summed E-state index contributed by atoms with van der Waals surface area (Å²) in [6.45, 7) is 0. The normalized spacial score (nSPS) is 10.0. The molecule has 1 aromatic carbocycles. The van der Waals surface area contributed by atoms with Gasteiger partial charge < -0.3 is 4.74 Å². The Hall–Kier alpha value is -0.610. The molecule has 0 saturated heterocycles. The Morgan fingerprint density at radius 2 is 2.29 bits per heavy atom. The van der Waals surface area contributed by atoms with Crippen molar-refractivity contribution in [1.29, 1.82) is 0 Å². The minimum atomic E-state index is -0.502. The lowest BCUT2D eigenvalue weighted by Gasteiger charge is -2.04. The molecule has 0 N–H and O–H groups in total. The molecule has 0 fully saturated rings. The average molecular weight is 282 g/mol. The second-order valence-corrected chi connectivity index (χ2v) is 3.90. The molecule has 0 aliphatic rings. The van der Waals surface area contributed by atoms with E-state index in [0.29, 0.717) is 5.02 Å². The Morgan fingerprint density at radius 1 is 1.64 bits per heavy atom.